The third-order valence-electron chi connectivity index (χ3n) is 6.88. The number of amides is 2. The summed E-state index contributed by atoms with van der Waals surface area (Å²) in [6, 6.07) is 12.1. The molecule has 2 N–H and O–H groups in total. The van der Waals surface area contributed by atoms with Crippen molar-refractivity contribution in [3.8, 4) is 0 Å². The summed E-state index contributed by atoms with van der Waals surface area (Å²) in [5.74, 6) is -0.789. The van der Waals surface area contributed by atoms with Gasteiger partial charge in [0.2, 0.25) is 15.9 Å². The van der Waals surface area contributed by atoms with Gasteiger partial charge in [-0.3, -0.25) is 9.59 Å². The fourth-order valence-electron chi connectivity index (χ4n) is 4.51. The van der Waals surface area contributed by atoms with Crippen molar-refractivity contribution in [2.45, 2.75) is 50.5 Å². The standard InChI is InChI=1S/C26H33N3O5S/c1-18-9-10-22(16-19(18)2)35(32,33)29-13-11-20(12-14-29)25(30)28-24-8-4-3-7-23(24)26(31)27-17-21-6-5-15-34-21/h3-4,7-10,16,20-21H,5-6,11-15,17H2,1-2H3,(H,27,31)(H,28,30)/t21-/m1/s1. The molecule has 0 aliphatic carbocycles. The van der Waals surface area contributed by atoms with Crippen LogP contribution in [0.2, 0.25) is 0 Å². The third-order valence-corrected chi connectivity index (χ3v) is 8.78. The number of piperidine rings is 1. The minimum absolute atomic E-state index is 0.0333. The van der Waals surface area contributed by atoms with Crippen LogP contribution in [0.5, 0.6) is 0 Å². The summed E-state index contributed by atoms with van der Waals surface area (Å²) in [4.78, 5) is 26.0. The Kier molecular flexibility index (Phi) is 7.88. The topological polar surface area (TPSA) is 105 Å². The molecule has 35 heavy (non-hydrogen) atoms. The highest BCUT2D eigenvalue weighted by atomic mass is 32.2. The van der Waals surface area contributed by atoms with Crippen LogP contribution in [0.3, 0.4) is 0 Å². The number of anilines is 1. The molecule has 0 saturated carbocycles. The molecule has 2 aliphatic rings. The van der Waals surface area contributed by atoms with Gasteiger partial charge in [-0.15, -0.1) is 0 Å². The van der Waals surface area contributed by atoms with E-state index in [1.165, 1.54) is 4.31 Å². The average Bonchev–Trinajstić information content (AvgIpc) is 3.38. The van der Waals surface area contributed by atoms with Crippen LogP contribution in [0, 0.1) is 19.8 Å². The van der Waals surface area contributed by atoms with Crippen LogP contribution in [0.15, 0.2) is 47.4 Å². The summed E-state index contributed by atoms with van der Waals surface area (Å²) < 4.78 is 33.1. The van der Waals surface area contributed by atoms with E-state index in [1.54, 1.807) is 36.4 Å². The quantitative estimate of drug-likeness (QED) is 0.609. The molecule has 0 radical (unpaired) electrons. The monoisotopic (exact) mass is 499 g/mol. The van der Waals surface area contributed by atoms with Gasteiger partial charge in [-0.25, -0.2) is 8.42 Å². The Hall–Kier alpha value is -2.75. The van der Waals surface area contributed by atoms with Gasteiger partial charge in [0.25, 0.3) is 5.91 Å². The van der Waals surface area contributed by atoms with Crippen molar-refractivity contribution in [2.75, 3.05) is 31.6 Å². The molecule has 0 spiro atoms. The summed E-state index contributed by atoms with van der Waals surface area (Å²) in [6.07, 6.45) is 2.80. The van der Waals surface area contributed by atoms with Gasteiger partial charge < -0.3 is 15.4 Å². The molecule has 4 rings (SSSR count). The van der Waals surface area contributed by atoms with Gasteiger partial charge in [-0.05, 0) is 74.9 Å². The van der Waals surface area contributed by atoms with Gasteiger partial charge in [-0.2, -0.15) is 4.31 Å². The van der Waals surface area contributed by atoms with E-state index >= 15 is 0 Å². The Morgan fingerprint density at radius 1 is 1.03 bits per heavy atom. The number of aryl methyl sites for hydroxylation is 2. The number of sulfonamides is 1. The highest BCUT2D eigenvalue weighted by Gasteiger charge is 2.32. The smallest absolute Gasteiger partial charge is 0.253 e. The average molecular weight is 500 g/mol. The van der Waals surface area contributed by atoms with E-state index in [0.717, 1.165) is 30.6 Å². The van der Waals surface area contributed by atoms with Gasteiger partial charge in [-0.1, -0.05) is 18.2 Å². The maximum absolute atomic E-state index is 13.1. The van der Waals surface area contributed by atoms with Crippen LogP contribution in [-0.2, 0) is 19.6 Å². The van der Waals surface area contributed by atoms with Crippen LogP contribution in [0.25, 0.3) is 0 Å². The molecule has 188 valence electrons. The molecule has 2 heterocycles. The summed E-state index contributed by atoms with van der Waals surface area (Å²) in [5, 5.41) is 5.78. The first-order valence-corrected chi connectivity index (χ1v) is 13.6. The van der Waals surface area contributed by atoms with E-state index in [-0.39, 0.29) is 41.8 Å². The van der Waals surface area contributed by atoms with Gasteiger partial charge in [0.15, 0.2) is 0 Å². The van der Waals surface area contributed by atoms with E-state index in [2.05, 4.69) is 10.6 Å². The van der Waals surface area contributed by atoms with Crippen molar-refractivity contribution in [1.82, 2.24) is 9.62 Å². The first-order chi connectivity index (χ1) is 16.8. The van der Waals surface area contributed by atoms with Crippen LogP contribution in [-0.4, -0.2) is 56.9 Å². The first kappa shape index (κ1) is 25.3. The van der Waals surface area contributed by atoms with Gasteiger partial charge in [0.05, 0.1) is 22.3 Å². The van der Waals surface area contributed by atoms with E-state index in [0.29, 0.717) is 30.6 Å². The second-order valence-electron chi connectivity index (χ2n) is 9.30. The molecular weight excluding hydrogens is 466 g/mol. The summed E-state index contributed by atoms with van der Waals surface area (Å²) in [5.41, 5.74) is 2.82. The molecule has 0 bridgehead atoms. The first-order valence-electron chi connectivity index (χ1n) is 12.1. The lowest BCUT2D eigenvalue weighted by atomic mass is 9.97. The molecular formula is C26H33N3O5S. The molecule has 2 fully saturated rings. The largest absolute Gasteiger partial charge is 0.376 e. The van der Waals surface area contributed by atoms with Crippen molar-refractivity contribution in [3.05, 3.63) is 59.2 Å². The number of carbonyl (C=O) groups excluding carboxylic acids is 2. The predicted molar refractivity (Wildman–Crippen MR) is 134 cm³/mol. The number of hydrogen-bond acceptors (Lipinski definition) is 5. The lowest BCUT2D eigenvalue weighted by Gasteiger charge is -2.30. The van der Waals surface area contributed by atoms with Crippen LogP contribution in [0.4, 0.5) is 5.69 Å². The molecule has 1 atom stereocenters. The summed E-state index contributed by atoms with van der Waals surface area (Å²) >= 11 is 0. The fourth-order valence-corrected chi connectivity index (χ4v) is 6.07. The van der Waals surface area contributed by atoms with E-state index in [9.17, 15) is 18.0 Å². The van der Waals surface area contributed by atoms with Crippen molar-refractivity contribution in [3.63, 3.8) is 0 Å². The molecule has 2 aliphatic heterocycles. The highest BCUT2D eigenvalue weighted by molar-refractivity contribution is 7.89. The fraction of sp³-hybridized carbons (Fsp3) is 0.462. The van der Waals surface area contributed by atoms with Crippen molar-refractivity contribution >= 4 is 27.5 Å². The zero-order valence-corrected chi connectivity index (χ0v) is 21.1. The Balaban J connectivity index is 1.35. The molecule has 2 aromatic carbocycles. The Morgan fingerprint density at radius 3 is 2.46 bits per heavy atom. The highest BCUT2D eigenvalue weighted by Crippen LogP contribution is 2.26. The zero-order chi connectivity index (χ0) is 25.0. The normalized spacial score (nSPS) is 19.4. The third kappa shape index (κ3) is 5.91. The number of benzene rings is 2. The van der Waals surface area contributed by atoms with Crippen LogP contribution < -0.4 is 10.6 Å². The lowest BCUT2D eigenvalue weighted by Crippen LogP contribution is -2.41. The molecule has 2 amide bonds. The predicted octanol–water partition coefficient (Wildman–Crippen LogP) is 3.25. The van der Waals surface area contributed by atoms with E-state index < -0.39 is 10.0 Å². The van der Waals surface area contributed by atoms with Crippen LogP contribution >= 0.6 is 0 Å². The van der Waals surface area contributed by atoms with Crippen LogP contribution in [0.1, 0.15) is 47.2 Å². The van der Waals surface area contributed by atoms with Crippen molar-refractivity contribution < 1.29 is 22.7 Å². The number of nitrogens with one attached hydrogen (secondary N) is 2. The molecule has 0 unspecified atom stereocenters. The number of nitrogens with zero attached hydrogens (tertiary/aromatic N) is 1. The molecule has 0 aromatic heterocycles. The minimum Gasteiger partial charge on any atom is -0.376 e. The second-order valence-corrected chi connectivity index (χ2v) is 11.2. The summed E-state index contributed by atoms with van der Waals surface area (Å²) in [6.45, 7) is 5.55. The number of rotatable bonds is 7. The number of para-hydroxylation sites is 1. The maximum atomic E-state index is 13.1. The van der Waals surface area contributed by atoms with Gasteiger partial charge in [0.1, 0.15) is 0 Å². The Morgan fingerprint density at radius 2 is 1.77 bits per heavy atom. The SMILES string of the molecule is Cc1ccc(S(=O)(=O)N2CCC(C(=O)Nc3ccccc3C(=O)NC[C@H]3CCCO3)CC2)cc1C. The second kappa shape index (κ2) is 10.9. The number of ether oxygens (including phenoxy) is 1. The molecule has 2 aromatic rings. The minimum atomic E-state index is -3.60. The number of hydrogen-bond donors (Lipinski definition) is 2. The van der Waals surface area contributed by atoms with Gasteiger partial charge in [0, 0.05) is 32.2 Å². The van der Waals surface area contributed by atoms with E-state index in [4.69, 9.17) is 4.74 Å². The Bertz CT molecular complexity index is 1180. The summed E-state index contributed by atoms with van der Waals surface area (Å²) in [7, 11) is -3.60. The van der Waals surface area contributed by atoms with Gasteiger partial charge >= 0.3 is 0 Å². The Labute approximate surface area is 207 Å². The molecule has 2 saturated heterocycles. The maximum Gasteiger partial charge on any atom is 0.253 e. The zero-order valence-electron chi connectivity index (χ0n) is 20.2. The van der Waals surface area contributed by atoms with Crippen molar-refractivity contribution in [2.24, 2.45) is 5.92 Å². The number of carbonyl (C=O) groups is 2. The van der Waals surface area contributed by atoms with Crippen molar-refractivity contribution in [1.29, 1.82) is 0 Å². The molecule has 9 heteroatoms. The lowest BCUT2D eigenvalue weighted by molar-refractivity contribution is -0.120. The molecule has 8 nitrogen and oxygen atoms in total. The van der Waals surface area contributed by atoms with E-state index in [1.807, 2.05) is 19.9 Å².